The molecule has 1 heterocycles. The van der Waals surface area contributed by atoms with Crippen molar-refractivity contribution < 1.29 is 18.0 Å². The van der Waals surface area contributed by atoms with Crippen molar-refractivity contribution in [2.24, 2.45) is 0 Å². The topological polar surface area (TPSA) is 20.3 Å². The van der Waals surface area contributed by atoms with Crippen LogP contribution in [-0.4, -0.2) is 23.1 Å². The lowest BCUT2D eigenvalue weighted by Gasteiger charge is -2.25. The highest BCUT2D eigenvalue weighted by atomic mass is 35.5. The lowest BCUT2D eigenvalue weighted by atomic mass is 10.1. The molecule has 1 amide bonds. The van der Waals surface area contributed by atoms with Gasteiger partial charge in [-0.25, -0.2) is 0 Å². The predicted octanol–water partition coefficient (Wildman–Crippen LogP) is 5.90. The zero-order valence-corrected chi connectivity index (χ0v) is 15.0. The van der Waals surface area contributed by atoms with Crippen LogP contribution < -0.4 is 0 Å². The molecule has 0 aromatic heterocycles. The molecule has 1 unspecified atom stereocenters. The van der Waals surface area contributed by atoms with Crippen LogP contribution >= 0.6 is 35.0 Å². The number of hydrogen-bond acceptors (Lipinski definition) is 2. The molecule has 3 rings (SSSR count). The number of rotatable bonds is 2. The molecule has 0 saturated carbocycles. The molecular weight excluding hydrogens is 394 g/mol. The van der Waals surface area contributed by atoms with E-state index in [0.717, 1.165) is 12.1 Å². The van der Waals surface area contributed by atoms with Gasteiger partial charge in [-0.1, -0.05) is 35.3 Å². The second kappa shape index (κ2) is 7.09. The van der Waals surface area contributed by atoms with Gasteiger partial charge >= 0.3 is 6.18 Å². The lowest BCUT2D eigenvalue weighted by molar-refractivity contribution is -0.137. The molecule has 1 saturated heterocycles. The fourth-order valence-electron chi connectivity index (χ4n) is 2.63. The van der Waals surface area contributed by atoms with Crippen molar-refractivity contribution >= 4 is 40.9 Å². The zero-order valence-electron chi connectivity index (χ0n) is 12.7. The number of alkyl halides is 3. The van der Waals surface area contributed by atoms with Crippen LogP contribution in [0.4, 0.5) is 13.2 Å². The Balaban J connectivity index is 1.91. The first-order chi connectivity index (χ1) is 11.8. The second-order valence-corrected chi connectivity index (χ2v) is 7.50. The molecule has 1 aliphatic heterocycles. The maximum absolute atomic E-state index is 12.9. The van der Waals surface area contributed by atoms with E-state index in [4.69, 9.17) is 23.2 Å². The molecule has 0 radical (unpaired) electrons. The average Bonchev–Trinajstić information content (AvgIpc) is 3.03. The highest BCUT2D eigenvalue weighted by Crippen LogP contribution is 2.42. The van der Waals surface area contributed by atoms with Crippen LogP contribution in [0.1, 0.15) is 26.9 Å². The van der Waals surface area contributed by atoms with E-state index in [9.17, 15) is 18.0 Å². The maximum Gasteiger partial charge on any atom is 0.416 e. The largest absolute Gasteiger partial charge is 0.416 e. The van der Waals surface area contributed by atoms with Crippen molar-refractivity contribution in [1.29, 1.82) is 0 Å². The lowest BCUT2D eigenvalue weighted by Crippen LogP contribution is -2.30. The summed E-state index contributed by atoms with van der Waals surface area (Å²) in [6.07, 6.45) is -4.49. The number of nitrogens with zero attached hydrogens (tertiary/aromatic N) is 1. The van der Waals surface area contributed by atoms with Gasteiger partial charge < -0.3 is 4.90 Å². The summed E-state index contributed by atoms with van der Waals surface area (Å²) in [5.74, 6) is 0.223. The van der Waals surface area contributed by atoms with E-state index in [1.54, 1.807) is 18.2 Å². The molecule has 2 aromatic rings. The molecule has 8 heteroatoms. The minimum absolute atomic E-state index is 0.00686. The summed E-state index contributed by atoms with van der Waals surface area (Å²) < 4.78 is 38.6. The Morgan fingerprint density at radius 2 is 1.92 bits per heavy atom. The van der Waals surface area contributed by atoms with E-state index >= 15 is 0 Å². The first-order valence-corrected chi connectivity index (χ1v) is 9.12. The van der Waals surface area contributed by atoms with E-state index in [-0.39, 0.29) is 10.9 Å². The van der Waals surface area contributed by atoms with Crippen molar-refractivity contribution in [2.45, 2.75) is 11.6 Å². The molecule has 0 bridgehead atoms. The minimum atomic E-state index is -4.49. The van der Waals surface area contributed by atoms with Crippen LogP contribution in [0.5, 0.6) is 0 Å². The van der Waals surface area contributed by atoms with Crippen molar-refractivity contribution in [3.05, 3.63) is 69.2 Å². The Morgan fingerprint density at radius 3 is 2.60 bits per heavy atom. The van der Waals surface area contributed by atoms with Gasteiger partial charge in [-0.2, -0.15) is 13.2 Å². The third-order valence-corrected chi connectivity index (χ3v) is 5.62. The van der Waals surface area contributed by atoms with Gasteiger partial charge in [0, 0.05) is 33.5 Å². The Hall–Kier alpha value is -1.37. The van der Waals surface area contributed by atoms with Crippen LogP contribution in [0.2, 0.25) is 10.0 Å². The molecular formula is C17H12Cl2F3NOS. The smallest absolute Gasteiger partial charge is 0.322 e. The number of carbonyl (C=O) groups is 1. The number of hydrogen-bond donors (Lipinski definition) is 0. The third-order valence-electron chi connectivity index (χ3n) is 3.82. The van der Waals surface area contributed by atoms with Crippen molar-refractivity contribution in [2.75, 3.05) is 12.3 Å². The van der Waals surface area contributed by atoms with E-state index < -0.39 is 17.6 Å². The summed E-state index contributed by atoms with van der Waals surface area (Å²) in [6, 6.07) is 9.46. The summed E-state index contributed by atoms with van der Waals surface area (Å²) in [5.41, 5.74) is -0.118. The fraction of sp³-hybridized carbons (Fsp3) is 0.235. The summed E-state index contributed by atoms with van der Waals surface area (Å²) in [6.45, 7) is 0.434. The molecule has 1 aliphatic rings. The van der Waals surface area contributed by atoms with Crippen LogP contribution in [-0.2, 0) is 6.18 Å². The van der Waals surface area contributed by atoms with Crippen LogP contribution in [0.15, 0.2) is 42.5 Å². The monoisotopic (exact) mass is 405 g/mol. The number of amides is 1. The SMILES string of the molecule is O=C(c1cccc(C(F)(F)F)c1)N1CCSC1c1ccc(Cl)cc1Cl. The molecule has 1 atom stereocenters. The zero-order chi connectivity index (χ0) is 18.2. The summed E-state index contributed by atoms with van der Waals surface area (Å²) in [4.78, 5) is 14.3. The number of halogens is 5. The summed E-state index contributed by atoms with van der Waals surface area (Å²) in [7, 11) is 0. The normalized spacial score (nSPS) is 17.8. The van der Waals surface area contributed by atoms with Crippen LogP contribution in [0, 0.1) is 0 Å². The van der Waals surface area contributed by atoms with Crippen molar-refractivity contribution in [3.63, 3.8) is 0 Å². The van der Waals surface area contributed by atoms with Crippen LogP contribution in [0.3, 0.4) is 0 Å². The highest BCUT2D eigenvalue weighted by molar-refractivity contribution is 7.99. The number of benzene rings is 2. The van der Waals surface area contributed by atoms with Gasteiger partial charge in [-0.15, -0.1) is 11.8 Å². The first-order valence-electron chi connectivity index (χ1n) is 7.32. The van der Waals surface area contributed by atoms with Gasteiger partial charge in [-0.05, 0) is 30.3 Å². The van der Waals surface area contributed by atoms with Crippen molar-refractivity contribution in [3.8, 4) is 0 Å². The van der Waals surface area contributed by atoms with Crippen LogP contribution in [0.25, 0.3) is 0 Å². The Bertz CT molecular complexity index is 813. The molecule has 0 aliphatic carbocycles. The van der Waals surface area contributed by atoms with Gasteiger partial charge in [-0.3, -0.25) is 4.79 Å². The molecule has 132 valence electrons. The Labute approximate surface area is 156 Å². The molecule has 2 nitrogen and oxygen atoms in total. The van der Waals surface area contributed by atoms with Gasteiger partial charge in [0.25, 0.3) is 5.91 Å². The first kappa shape index (κ1) is 18.4. The summed E-state index contributed by atoms with van der Waals surface area (Å²) in [5, 5.41) is 0.549. The second-order valence-electron chi connectivity index (χ2n) is 5.47. The highest BCUT2D eigenvalue weighted by Gasteiger charge is 2.35. The Morgan fingerprint density at radius 1 is 1.16 bits per heavy atom. The third kappa shape index (κ3) is 3.91. The van der Waals surface area contributed by atoms with Gasteiger partial charge in [0.05, 0.1) is 5.56 Å². The Kier molecular flexibility index (Phi) is 5.23. The van der Waals surface area contributed by atoms with E-state index in [1.165, 1.54) is 28.8 Å². The molecule has 0 spiro atoms. The fourth-order valence-corrected chi connectivity index (χ4v) is 4.50. The van der Waals surface area contributed by atoms with E-state index in [2.05, 4.69) is 0 Å². The standard InChI is InChI=1S/C17H12Cl2F3NOS/c18-12-4-5-13(14(19)9-12)16-23(6-7-25-16)15(24)10-2-1-3-11(8-10)17(20,21)22/h1-5,8-9,16H,6-7H2. The maximum atomic E-state index is 12.9. The average molecular weight is 406 g/mol. The van der Waals surface area contributed by atoms with E-state index in [0.29, 0.717) is 27.9 Å². The summed E-state index contributed by atoms with van der Waals surface area (Å²) >= 11 is 13.6. The van der Waals surface area contributed by atoms with E-state index in [1.807, 2.05) is 0 Å². The van der Waals surface area contributed by atoms with Gasteiger partial charge in [0.2, 0.25) is 0 Å². The minimum Gasteiger partial charge on any atom is -0.322 e. The molecule has 0 N–H and O–H groups in total. The predicted molar refractivity (Wildman–Crippen MR) is 94.1 cm³/mol. The molecule has 2 aromatic carbocycles. The van der Waals surface area contributed by atoms with Gasteiger partial charge in [0.1, 0.15) is 5.37 Å². The number of carbonyl (C=O) groups excluding carboxylic acids is 1. The molecule has 25 heavy (non-hydrogen) atoms. The van der Waals surface area contributed by atoms with Gasteiger partial charge in [0.15, 0.2) is 0 Å². The quantitative estimate of drug-likeness (QED) is 0.619. The molecule has 1 fully saturated rings. The van der Waals surface area contributed by atoms with Crippen molar-refractivity contribution in [1.82, 2.24) is 4.90 Å². The number of thioether (sulfide) groups is 1.